The van der Waals surface area contributed by atoms with Gasteiger partial charge in [0.05, 0.1) is 38.0 Å². The number of hydrogen-bond acceptors (Lipinski definition) is 7. The van der Waals surface area contributed by atoms with E-state index >= 15 is 0 Å². The molecule has 33 heavy (non-hydrogen) atoms. The van der Waals surface area contributed by atoms with Crippen molar-refractivity contribution in [1.82, 2.24) is 5.32 Å². The predicted molar refractivity (Wildman–Crippen MR) is 124 cm³/mol. The zero-order chi connectivity index (χ0) is 24.0. The number of sulfonamides is 1. The first-order chi connectivity index (χ1) is 15.8. The minimum atomic E-state index is -4.23. The molecule has 3 rings (SSSR count). The van der Waals surface area contributed by atoms with E-state index in [0.29, 0.717) is 18.9 Å². The Morgan fingerprint density at radius 2 is 1.79 bits per heavy atom. The highest BCUT2D eigenvalue weighted by Crippen LogP contribution is 2.36. The number of ether oxygens (including phenoxy) is 4. The van der Waals surface area contributed by atoms with Crippen LogP contribution in [0.25, 0.3) is 0 Å². The van der Waals surface area contributed by atoms with Gasteiger partial charge in [-0.15, -0.1) is 0 Å². The number of carbonyl (C=O) groups excluding carboxylic acids is 1. The molecule has 2 aromatic rings. The third-order valence-electron chi connectivity index (χ3n) is 5.19. The molecule has 0 radical (unpaired) electrons. The van der Waals surface area contributed by atoms with E-state index in [1.54, 1.807) is 12.1 Å². The van der Waals surface area contributed by atoms with Crippen LogP contribution >= 0.6 is 11.6 Å². The largest absolute Gasteiger partial charge is 0.495 e. The third-order valence-corrected chi connectivity index (χ3v) is 7.18. The molecule has 9 nitrogen and oxygen atoms in total. The van der Waals surface area contributed by atoms with Crippen molar-refractivity contribution in [2.24, 2.45) is 0 Å². The van der Waals surface area contributed by atoms with E-state index in [4.69, 9.17) is 30.5 Å². The Morgan fingerprint density at radius 1 is 1.09 bits per heavy atom. The van der Waals surface area contributed by atoms with E-state index in [9.17, 15) is 13.2 Å². The quantitative estimate of drug-likeness (QED) is 0.537. The number of nitrogens with zero attached hydrogens (tertiary/aromatic N) is 1. The van der Waals surface area contributed by atoms with Crippen LogP contribution in [0.5, 0.6) is 17.2 Å². The summed E-state index contributed by atoms with van der Waals surface area (Å²) in [4.78, 5) is 12.7. The van der Waals surface area contributed by atoms with Gasteiger partial charge in [0.25, 0.3) is 10.0 Å². The average Bonchev–Trinajstić information content (AvgIpc) is 3.34. The molecular weight excluding hydrogens is 472 g/mol. The fourth-order valence-corrected chi connectivity index (χ4v) is 5.09. The molecule has 1 heterocycles. The molecule has 1 amide bonds. The number of nitrogens with one attached hydrogen (secondary N) is 1. The van der Waals surface area contributed by atoms with E-state index in [0.717, 1.165) is 17.1 Å². The Balaban J connectivity index is 1.99. The van der Waals surface area contributed by atoms with Crippen molar-refractivity contribution in [3.05, 3.63) is 41.4 Å². The summed E-state index contributed by atoms with van der Waals surface area (Å²) in [7, 11) is 0.0410. The molecule has 0 aromatic heterocycles. The van der Waals surface area contributed by atoms with Crippen LogP contribution in [-0.4, -0.2) is 61.5 Å². The summed E-state index contributed by atoms with van der Waals surface area (Å²) in [6.07, 6.45) is 1.70. The normalized spacial score (nSPS) is 15.7. The van der Waals surface area contributed by atoms with Gasteiger partial charge in [0.1, 0.15) is 12.3 Å². The molecule has 1 aliphatic rings. The number of methoxy groups -OCH3 is 3. The first-order valence-electron chi connectivity index (χ1n) is 10.3. The van der Waals surface area contributed by atoms with Crippen LogP contribution < -0.4 is 23.8 Å². The molecule has 1 fully saturated rings. The molecule has 0 spiro atoms. The average molecular weight is 499 g/mol. The molecule has 0 saturated carbocycles. The van der Waals surface area contributed by atoms with Gasteiger partial charge in [0.2, 0.25) is 5.91 Å². The van der Waals surface area contributed by atoms with Gasteiger partial charge in [-0.05, 0) is 43.2 Å². The van der Waals surface area contributed by atoms with Gasteiger partial charge in [-0.3, -0.25) is 9.10 Å². The summed E-state index contributed by atoms with van der Waals surface area (Å²) in [5.74, 6) is 0.365. The Hall–Kier alpha value is -2.69. The van der Waals surface area contributed by atoms with E-state index in [1.807, 2.05) is 0 Å². The van der Waals surface area contributed by atoms with Crippen LogP contribution in [0.1, 0.15) is 12.8 Å². The lowest BCUT2D eigenvalue weighted by Crippen LogP contribution is -2.43. The van der Waals surface area contributed by atoms with Gasteiger partial charge in [-0.25, -0.2) is 8.42 Å². The maximum atomic E-state index is 13.7. The standard InChI is InChI=1S/C22H27ClN2O7S/c1-29-19-8-6-15(23)11-18(19)25(14-22(26)24-13-16-5-4-10-32-16)33(27,28)17-7-9-20(30-2)21(12-17)31-3/h6-9,11-12,16H,4-5,10,13-14H2,1-3H3,(H,24,26)/t16-/m1/s1. The molecule has 2 aromatic carbocycles. The highest BCUT2D eigenvalue weighted by Gasteiger charge is 2.31. The fraction of sp³-hybridized carbons (Fsp3) is 0.409. The smallest absolute Gasteiger partial charge is 0.265 e. The van der Waals surface area contributed by atoms with Crippen molar-refractivity contribution in [2.45, 2.75) is 23.8 Å². The Kier molecular flexibility index (Phi) is 8.28. The van der Waals surface area contributed by atoms with E-state index in [1.165, 1.54) is 45.6 Å². The fourth-order valence-electron chi connectivity index (χ4n) is 3.48. The molecule has 0 unspecified atom stereocenters. The molecule has 1 atom stereocenters. The number of benzene rings is 2. The predicted octanol–water partition coefficient (Wildman–Crippen LogP) is 2.86. The Morgan fingerprint density at radius 3 is 2.42 bits per heavy atom. The van der Waals surface area contributed by atoms with Crippen molar-refractivity contribution in [3.63, 3.8) is 0 Å². The summed E-state index contributed by atoms with van der Waals surface area (Å²) >= 11 is 6.15. The number of anilines is 1. The van der Waals surface area contributed by atoms with Crippen LogP contribution in [0.4, 0.5) is 5.69 Å². The lowest BCUT2D eigenvalue weighted by atomic mass is 10.2. The van der Waals surface area contributed by atoms with Gasteiger partial charge >= 0.3 is 0 Å². The van der Waals surface area contributed by atoms with Gasteiger partial charge < -0.3 is 24.3 Å². The lowest BCUT2D eigenvalue weighted by molar-refractivity contribution is -0.120. The molecule has 1 saturated heterocycles. The van der Waals surface area contributed by atoms with Gasteiger partial charge in [-0.1, -0.05) is 11.6 Å². The SMILES string of the molecule is COc1ccc(S(=O)(=O)N(CC(=O)NC[C@H]2CCCO2)c2cc(Cl)ccc2OC)cc1OC. The van der Waals surface area contributed by atoms with Gasteiger partial charge in [-0.2, -0.15) is 0 Å². The van der Waals surface area contributed by atoms with E-state index in [2.05, 4.69) is 5.32 Å². The molecule has 1 N–H and O–H groups in total. The zero-order valence-electron chi connectivity index (χ0n) is 18.7. The minimum Gasteiger partial charge on any atom is -0.495 e. The second-order valence-electron chi connectivity index (χ2n) is 7.28. The topological polar surface area (TPSA) is 103 Å². The zero-order valence-corrected chi connectivity index (χ0v) is 20.2. The van der Waals surface area contributed by atoms with Crippen molar-refractivity contribution in [1.29, 1.82) is 0 Å². The van der Waals surface area contributed by atoms with Crippen LogP contribution in [0, 0.1) is 0 Å². The Bertz CT molecular complexity index is 1090. The minimum absolute atomic E-state index is 0.0782. The number of amides is 1. The van der Waals surface area contributed by atoms with E-state index < -0.39 is 22.5 Å². The van der Waals surface area contributed by atoms with Crippen molar-refractivity contribution in [3.8, 4) is 17.2 Å². The van der Waals surface area contributed by atoms with Crippen LogP contribution in [0.15, 0.2) is 41.3 Å². The summed E-state index contributed by atoms with van der Waals surface area (Å²) in [6.45, 7) is 0.468. The molecule has 0 aliphatic carbocycles. The summed E-state index contributed by atoms with van der Waals surface area (Å²) in [6, 6.07) is 8.75. The highest BCUT2D eigenvalue weighted by molar-refractivity contribution is 7.92. The molecule has 1 aliphatic heterocycles. The highest BCUT2D eigenvalue weighted by atomic mass is 35.5. The number of halogens is 1. The summed E-state index contributed by atoms with van der Waals surface area (Å²) in [5, 5.41) is 3.04. The summed E-state index contributed by atoms with van der Waals surface area (Å²) < 4.78 is 49.7. The monoisotopic (exact) mass is 498 g/mol. The second kappa shape index (κ2) is 11.0. The number of carbonyl (C=O) groups is 1. The summed E-state index contributed by atoms with van der Waals surface area (Å²) in [5.41, 5.74) is 0.132. The number of rotatable bonds is 10. The first kappa shape index (κ1) is 24.9. The first-order valence-corrected chi connectivity index (χ1v) is 12.1. The number of hydrogen-bond donors (Lipinski definition) is 1. The van der Waals surface area contributed by atoms with Crippen molar-refractivity contribution < 1.29 is 32.2 Å². The van der Waals surface area contributed by atoms with Crippen molar-refractivity contribution >= 4 is 33.2 Å². The third kappa shape index (κ3) is 5.82. The van der Waals surface area contributed by atoms with Crippen LogP contribution in [0.2, 0.25) is 5.02 Å². The van der Waals surface area contributed by atoms with Crippen LogP contribution in [-0.2, 0) is 19.6 Å². The maximum Gasteiger partial charge on any atom is 0.265 e. The molecule has 0 bridgehead atoms. The molecular formula is C22H27ClN2O7S. The Labute approximate surface area is 198 Å². The van der Waals surface area contributed by atoms with Crippen molar-refractivity contribution in [2.75, 3.05) is 45.3 Å². The lowest BCUT2D eigenvalue weighted by Gasteiger charge is -2.26. The maximum absolute atomic E-state index is 13.7. The van der Waals surface area contributed by atoms with Gasteiger partial charge in [0, 0.05) is 24.2 Å². The van der Waals surface area contributed by atoms with Crippen LogP contribution in [0.3, 0.4) is 0 Å². The second-order valence-corrected chi connectivity index (χ2v) is 9.58. The van der Waals surface area contributed by atoms with Gasteiger partial charge in [0.15, 0.2) is 11.5 Å². The van der Waals surface area contributed by atoms with E-state index in [-0.39, 0.29) is 33.2 Å². The molecule has 11 heteroatoms. The molecule has 180 valence electrons.